The third kappa shape index (κ3) is 4.00. The van der Waals surface area contributed by atoms with Crippen molar-refractivity contribution in [2.45, 2.75) is 10.6 Å². The quantitative estimate of drug-likeness (QED) is 0.721. The smallest absolute Gasteiger partial charge is 0.250 e. The maximum Gasteiger partial charge on any atom is 0.250 e. The molecule has 0 radical (unpaired) electrons. The van der Waals surface area contributed by atoms with Crippen LogP contribution in [0.3, 0.4) is 0 Å². The number of rotatable bonds is 6. The largest absolute Gasteiger partial charge is 0.356 e. The molecule has 0 atom stereocenters. The molecule has 1 aromatic carbocycles. The summed E-state index contributed by atoms with van der Waals surface area (Å²) < 4.78 is 32.6. The van der Waals surface area contributed by atoms with Gasteiger partial charge in [0.15, 0.2) is 5.76 Å². The molecule has 5 nitrogen and oxygen atoms in total. The van der Waals surface area contributed by atoms with Crippen LogP contribution >= 0.6 is 22.9 Å². The second-order valence-electron chi connectivity index (χ2n) is 4.75. The van der Waals surface area contributed by atoms with Crippen molar-refractivity contribution in [2.24, 2.45) is 0 Å². The van der Waals surface area contributed by atoms with E-state index in [9.17, 15) is 8.42 Å². The highest BCUT2D eigenvalue weighted by molar-refractivity contribution is 7.91. The lowest BCUT2D eigenvalue weighted by atomic mass is 10.1. The van der Waals surface area contributed by atoms with Crippen LogP contribution in [-0.4, -0.2) is 20.1 Å². The van der Waals surface area contributed by atoms with Crippen LogP contribution in [0.4, 0.5) is 0 Å². The molecule has 0 bridgehead atoms. The number of thiophene rings is 1. The molecule has 23 heavy (non-hydrogen) atoms. The molecule has 0 unspecified atom stereocenters. The Balaban J connectivity index is 1.60. The van der Waals surface area contributed by atoms with Gasteiger partial charge in [0.1, 0.15) is 4.21 Å². The molecule has 8 heteroatoms. The topological polar surface area (TPSA) is 72.2 Å². The number of benzene rings is 1. The molecule has 0 amide bonds. The van der Waals surface area contributed by atoms with Gasteiger partial charge in [-0.3, -0.25) is 0 Å². The molecule has 3 aromatic rings. The van der Waals surface area contributed by atoms with E-state index in [2.05, 4.69) is 9.88 Å². The third-order valence-electron chi connectivity index (χ3n) is 3.10. The number of nitrogens with one attached hydrogen (secondary N) is 1. The lowest BCUT2D eigenvalue weighted by molar-refractivity contribution is 0.423. The summed E-state index contributed by atoms with van der Waals surface area (Å²) in [6.45, 7) is 0.235. The predicted molar refractivity (Wildman–Crippen MR) is 90.2 cm³/mol. The van der Waals surface area contributed by atoms with E-state index in [4.69, 9.17) is 16.1 Å². The summed E-state index contributed by atoms with van der Waals surface area (Å²) in [7, 11) is -3.53. The van der Waals surface area contributed by atoms with Crippen LogP contribution in [0.15, 0.2) is 57.3 Å². The van der Waals surface area contributed by atoms with E-state index in [1.54, 1.807) is 6.07 Å². The monoisotopic (exact) mass is 368 g/mol. The zero-order chi connectivity index (χ0) is 16.3. The van der Waals surface area contributed by atoms with Gasteiger partial charge in [-0.2, -0.15) is 0 Å². The van der Waals surface area contributed by atoms with Crippen molar-refractivity contribution >= 4 is 33.0 Å². The van der Waals surface area contributed by atoms with Gasteiger partial charge in [0, 0.05) is 24.6 Å². The van der Waals surface area contributed by atoms with Gasteiger partial charge in [-0.1, -0.05) is 47.1 Å². The molecule has 120 valence electrons. The molecule has 3 rings (SSSR count). The van der Waals surface area contributed by atoms with Crippen LogP contribution in [0.25, 0.3) is 11.3 Å². The van der Waals surface area contributed by atoms with Gasteiger partial charge < -0.3 is 4.52 Å². The maximum atomic E-state index is 12.1. The molecule has 0 saturated heterocycles. The standard InChI is InChI=1S/C15H13ClN2O3S2/c16-14-6-7-15(22-14)23(19,20)17-9-8-12-10-13(21-18-12)11-4-2-1-3-5-11/h1-7,10,17H,8-9H2. The zero-order valence-electron chi connectivity index (χ0n) is 11.9. The molecular weight excluding hydrogens is 356 g/mol. The molecule has 0 saturated carbocycles. The van der Waals surface area contributed by atoms with E-state index in [0.29, 0.717) is 22.2 Å². The second kappa shape index (κ2) is 6.84. The SMILES string of the molecule is O=S(=O)(NCCc1cc(-c2ccccc2)on1)c1ccc(Cl)s1. The predicted octanol–water partition coefficient (Wildman–Crippen LogP) is 3.58. The van der Waals surface area contributed by atoms with Crippen molar-refractivity contribution in [1.82, 2.24) is 9.88 Å². The minimum Gasteiger partial charge on any atom is -0.356 e. The molecule has 0 aliphatic rings. The van der Waals surface area contributed by atoms with Crippen LogP contribution < -0.4 is 4.72 Å². The average Bonchev–Trinajstić information content (AvgIpc) is 3.17. The van der Waals surface area contributed by atoms with E-state index in [1.165, 1.54) is 6.07 Å². The number of aromatic nitrogens is 1. The van der Waals surface area contributed by atoms with E-state index in [1.807, 2.05) is 36.4 Å². The van der Waals surface area contributed by atoms with Gasteiger partial charge in [0.05, 0.1) is 10.0 Å². The first-order valence-electron chi connectivity index (χ1n) is 6.80. The molecule has 0 spiro atoms. The Kier molecular flexibility index (Phi) is 4.82. The Morgan fingerprint density at radius 3 is 2.65 bits per heavy atom. The summed E-state index contributed by atoms with van der Waals surface area (Å²) in [4.78, 5) is 0. The molecule has 2 aromatic heterocycles. The number of nitrogens with zero attached hydrogens (tertiary/aromatic N) is 1. The average molecular weight is 369 g/mol. The van der Waals surface area contributed by atoms with Crippen LogP contribution in [0.5, 0.6) is 0 Å². The fourth-order valence-electron chi connectivity index (χ4n) is 1.99. The fraction of sp³-hybridized carbons (Fsp3) is 0.133. The molecule has 0 fully saturated rings. The van der Waals surface area contributed by atoms with Gasteiger partial charge in [-0.25, -0.2) is 13.1 Å². The number of sulfonamides is 1. The fourth-order valence-corrected chi connectivity index (χ4v) is 4.55. The molecule has 2 heterocycles. The number of hydrogen-bond acceptors (Lipinski definition) is 5. The summed E-state index contributed by atoms with van der Waals surface area (Å²) in [6.07, 6.45) is 0.439. The summed E-state index contributed by atoms with van der Waals surface area (Å²) in [6, 6.07) is 14.5. The van der Waals surface area contributed by atoms with Crippen LogP contribution in [0.2, 0.25) is 4.34 Å². The van der Waals surface area contributed by atoms with Gasteiger partial charge in [0.2, 0.25) is 10.0 Å². The van der Waals surface area contributed by atoms with Crippen LogP contribution in [-0.2, 0) is 16.4 Å². The Hall–Kier alpha value is -1.67. The van der Waals surface area contributed by atoms with Gasteiger partial charge in [0.25, 0.3) is 0 Å². The highest BCUT2D eigenvalue weighted by atomic mass is 35.5. The lowest BCUT2D eigenvalue weighted by Gasteiger charge is -2.02. The van der Waals surface area contributed by atoms with Crippen molar-refractivity contribution in [3.63, 3.8) is 0 Å². The van der Waals surface area contributed by atoms with E-state index >= 15 is 0 Å². The van der Waals surface area contributed by atoms with Crippen LogP contribution in [0.1, 0.15) is 5.69 Å². The van der Waals surface area contributed by atoms with Crippen molar-refractivity contribution in [1.29, 1.82) is 0 Å². The molecule has 0 aliphatic heterocycles. The Labute approximate surface area is 142 Å². The van der Waals surface area contributed by atoms with Gasteiger partial charge >= 0.3 is 0 Å². The molecule has 0 aliphatic carbocycles. The maximum absolute atomic E-state index is 12.1. The Morgan fingerprint density at radius 2 is 1.96 bits per heavy atom. The highest BCUT2D eigenvalue weighted by Crippen LogP contribution is 2.25. The van der Waals surface area contributed by atoms with Crippen molar-refractivity contribution in [3.8, 4) is 11.3 Å². The van der Waals surface area contributed by atoms with Crippen molar-refractivity contribution < 1.29 is 12.9 Å². The second-order valence-corrected chi connectivity index (χ2v) is 8.46. The summed E-state index contributed by atoms with van der Waals surface area (Å²) >= 11 is 6.78. The van der Waals surface area contributed by atoms with E-state index in [0.717, 1.165) is 16.9 Å². The van der Waals surface area contributed by atoms with Crippen molar-refractivity contribution in [2.75, 3.05) is 6.54 Å². The zero-order valence-corrected chi connectivity index (χ0v) is 14.3. The minimum atomic E-state index is -3.53. The first-order valence-corrected chi connectivity index (χ1v) is 9.48. The Bertz CT molecular complexity index is 888. The summed E-state index contributed by atoms with van der Waals surface area (Å²) in [5, 5.41) is 3.96. The molecular formula is C15H13ClN2O3S2. The number of hydrogen-bond donors (Lipinski definition) is 1. The van der Waals surface area contributed by atoms with E-state index in [-0.39, 0.29) is 10.8 Å². The number of halogens is 1. The highest BCUT2D eigenvalue weighted by Gasteiger charge is 2.16. The normalized spacial score (nSPS) is 11.7. The van der Waals surface area contributed by atoms with Gasteiger partial charge in [-0.15, -0.1) is 11.3 Å². The van der Waals surface area contributed by atoms with E-state index < -0.39 is 10.0 Å². The lowest BCUT2D eigenvalue weighted by Crippen LogP contribution is -2.25. The first-order chi connectivity index (χ1) is 11.0. The first kappa shape index (κ1) is 16.2. The Morgan fingerprint density at radius 1 is 1.17 bits per heavy atom. The third-order valence-corrected chi connectivity index (χ3v) is 6.29. The van der Waals surface area contributed by atoms with Crippen molar-refractivity contribution in [3.05, 3.63) is 58.6 Å². The minimum absolute atomic E-state index is 0.202. The molecule has 1 N–H and O–H groups in total. The summed E-state index contributed by atoms with van der Waals surface area (Å²) in [5.41, 5.74) is 1.62. The van der Waals surface area contributed by atoms with Gasteiger partial charge in [-0.05, 0) is 12.1 Å². The van der Waals surface area contributed by atoms with Crippen LogP contribution in [0, 0.1) is 0 Å². The summed E-state index contributed by atoms with van der Waals surface area (Å²) in [5.74, 6) is 0.661.